The Labute approximate surface area is 159 Å². The fourth-order valence-corrected chi connectivity index (χ4v) is 5.14. The number of hydrogen-bond donors (Lipinski definition) is 1. The molecule has 1 spiro atoms. The van der Waals surface area contributed by atoms with Crippen molar-refractivity contribution in [3.63, 3.8) is 0 Å². The monoisotopic (exact) mass is 363 g/mol. The predicted octanol–water partition coefficient (Wildman–Crippen LogP) is 3.28. The molecule has 5 heteroatoms. The maximum atomic E-state index is 11.5. The van der Waals surface area contributed by atoms with Crippen molar-refractivity contribution in [2.45, 2.75) is 43.9 Å². The third-order valence-electron chi connectivity index (χ3n) is 6.58. The number of rotatable bonds is 3. The van der Waals surface area contributed by atoms with Gasteiger partial charge in [-0.1, -0.05) is 24.3 Å². The number of aliphatic hydroxyl groups is 1. The van der Waals surface area contributed by atoms with Gasteiger partial charge in [0.15, 0.2) is 0 Å². The lowest BCUT2D eigenvalue weighted by Gasteiger charge is -2.43. The van der Waals surface area contributed by atoms with Crippen molar-refractivity contribution < 1.29 is 9.52 Å². The fourth-order valence-electron chi connectivity index (χ4n) is 5.14. The minimum atomic E-state index is -0.432. The molecule has 3 heterocycles. The number of imidazole rings is 1. The van der Waals surface area contributed by atoms with Crippen molar-refractivity contribution in [1.82, 2.24) is 14.5 Å². The summed E-state index contributed by atoms with van der Waals surface area (Å²) in [5.74, 6) is 0.947. The molecule has 0 amide bonds. The zero-order chi connectivity index (χ0) is 18.4. The van der Waals surface area contributed by atoms with E-state index in [0.29, 0.717) is 0 Å². The predicted molar refractivity (Wildman–Crippen MR) is 102 cm³/mol. The largest absolute Gasteiger partial charge is 0.472 e. The maximum absolute atomic E-state index is 11.5. The van der Waals surface area contributed by atoms with Gasteiger partial charge >= 0.3 is 0 Å². The summed E-state index contributed by atoms with van der Waals surface area (Å²) in [4.78, 5) is 6.85. The highest BCUT2D eigenvalue weighted by Crippen LogP contribution is 2.52. The van der Waals surface area contributed by atoms with Crippen LogP contribution in [0.4, 0.5) is 0 Å². The van der Waals surface area contributed by atoms with Crippen LogP contribution in [0, 0.1) is 6.92 Å². The number of piperidine rings is 1. The fraction of sp³-hybridized carbons (Fsp3) is 0.409. The topological polar surface area (TPSA) is 54.4 Å². The quantitative estimate of drug-likeness (QED) is 0.776. The van der Waals surface area contributed by atoms with Gasteiger partial charge < -0.3 is 14.1 Å². The van der Waals surface area contributed by atoms with Gasteiger partial charge in [0, 0.05) is 29.9 Å². The van der Waals surface area contributed by atoms with Crippen LogP contribution in [-0.2, 0) is 12.0 Å². The number of aryl methyl sites for hydroxylation is 1. The summed E-state index contributed by atoms with van der Waals surface area (Å²) >= 11 is 0. The molecule has 1 N–H and O–H groups in total. The molecule has 1 saturated heterocycles. The molecule has 0 unspecified atom stereocenters. The van der Waals surface area contributed by atoms with Crippen LogP contribution in [0.2, 0.25) is 0 Å². The van der Waals surface area contributed by atoms with Gasteiger partial charge in [0.05, 0.1) is 24.7 Å². The number of hydrogen-bond acceptors (Lipinski definition) is 4. The first-order valence-corrected chi connectivity index (χ1v) is 9.69. The average molecular weight is 363 g/mol. The number of benzene rings is 1. The molecule has 3 aromatic rings. The van der Waals surface area contributed by atoms with Gasteiger partial charge in [-0.25, -0.2) is 4.98 Å². The standard InChI is InChI=1S/C22H25N3O2/c1-16-23-9-12-25(16)20-18-4-2-3-5-19(18)22(21(20)26)7-10-24(11-8-22)14-17-6-13-27-15-17/h2-6,9,12-13,15,20-21,26H,7-8,10-11,14H2,1H3/t20-,21+/m0/s1. The molecule has 0 saturated carbocycles. The Morgan fingerprint density at radius 1 is 1.22 bits per heavy atom. The van der Waals surface area contributed by atoms with Crippen molar-refractivity contribution in [2.75, 3.05) is 13.1 Å². The van der Waals surface area contributed by atoms with Crippen molar-refractivity contribution >= 4 is 0 Å². The third kappa shape index (κ3) is 2.57. The van der Waals surface area contributed by atoms with Crippen molar-refractivity contribution in [3.8, 4) is 0 Å². The van der Waals surface area contributed by atoms with E-state index in [1.807, 2.05) is 31.6 Å². The highest BCUT2D eigenvalue weighted by Gasteiger charge is 2.53. The Hall–Kier alpha value is -2.37. The lowest BCUT2D eigenvalue weighted by atomic mass is 9.72. The summed E-state index contributed by atoms with van der Waals surface area (Å²) < 4.78 is 7.34. The van der Waals surface area contributed by atoms with Crippen LogP contribution in [0.25, 0.3) is 0 Å². The number of aromatic nitrogens is 2. The Balaban J connectivity index is 1.46. The van der Waals surface area contributed by atoms with E-state index in [1.54, 1.807) is 6.26 Å². The van der Waals surface area contributed by atoms with Crippen LogP contribution >= 0.6 is 0 Å². The normalized spacial score (nSPS) is 24.4. The summed E-state index contributed by atoms with van der Waals surface area (Å²) in [5, 5.41) is 11.5. The van der Waals surface area contributed by atoms with E-state index in [1.165, 1.54) is 16.7 Å². The van der Waals surface area contributed by atoms with E-state index < -0.39 is 6.10 Å². The number of furan rings is 1. The first-order chi connectivity index (χ1) is 13.2. The van der Waals surface area contributed by atoms with Crippen LogP contribution < -0.4 is 0 Å². The first-order valence-electron chi connectivity index (χ1n) is 9.69. The van der Waals surface area contributed by atoms with E-state index in [9.17, 15) is 5.11 Å². The highest BCUT2D eigenvalue weighted by molar-refractivity contribution is 5.46. The second-order valence-electron chi connectivity index (χ2n) is 7.92. The smallest absolute Gasteiger partial charge is 0.106 e. The van der Waals surface area contributed by atoms with Gasteiger partial charge in [-0.05, 0) is 50.0 Å². The van der Waals surface area contributed by atoms with Crippen LogP contribution in [0.15, 0.2) is 59.7 Å². The Morgan fingerprint density at radius 3 is 2.74 bits per heavy atom. The van der Waals surface area contributed by atoms with Gasteiger partial charge in [-0.15, -0.1) is 0 Å². The average Bonchev–Trinajstić information content (AvgIpc) is 3.39. The number of aliphatic hydroxyl groups excluding tert-OH is 1. The van der Waals surface area contributed by atoms with E-state index in [-0.39, 0.29) is 11.5 Å². The van der Waals surface area contributed by atoms with E-state index >= 15 is 0 Å². The van der Waals surface area contributed by atoms with Gasteiger partial charge in [0.25, 0.3) is 0 Å². The third-order valence-corrected chi connectivity index (χ3v) is 6.58. The molecule has 5 rings (SSSR count). The van der Waals surface area contributed by atoms with Gasteiger partial charge in [0.1, 0.15) is 5.82 Å². The van der Waals surface area contributed by atoms with Crippen LogP contribution in [-0.4, -0.2) is 38.8 Å². The molecular formula is C22H25N3O2. The molecular weight excluding hydrogens is 338 g/mol. The van der Waals surface area contributed by atoms with Crippen molar-refractivity contribution in [3.05, 3.63) is 77.8 Å². The lowest BCUT2D eigenvalue weighted by Crippen LogP contribution is -2.48. The molecule has 1 fully saturated rings. The van der Waals surface area contributed by atoms with Crippen LogP contribution in [0.1, 0.15) is 41.4 Å². The Kier molecular flexibility index (Phi) is 3.95. The lowest BCUT2D eigenvalue weighted by molar-refractivity contribution is 0.0201. The Morgan fingerprint density at radius 2 is 2.04 bits per heavy atom. The Bertz CT molecular complexity index is 923. The molecule has 2 atom stereocenters. The highest BCUT2D eigenvalue weighted by atomic mass is 16.3. The number of nitrogens with zero attached hydrogens (tertiary/aromatic N) is 3. The number of likely N-dealkylation sites (tertiary alicyclic amines) is 1. The molecule has 140 valence electrons. The van der Waals surface area contributed by atoms with Gasteiger partial charge in [-0.2, -0.15) is 0 Å². The zero-order valence-corrected chi connectivity index (χ0v) is 15.6. The molecule has 2 aliphatic rings. The van der Waals surface area contributed by atoms with Crippen molar-refractivity contribution in [1.29, 1.82) is 0 Å². The minimum Gasteiger partial charge on any atom is -0.472 e. The molecule has 0 bridgehead atoms. The first kappa shape index (κ1) is 16.8. The summed E-state index contributed by atoms with van der Waals surface area (Å²) in [5.41, 5.74) is 3.60. The zero-order valence-electron chi connectivity index (χ0n) is 15.6. The second-order valence-corrected chi connectivity index (χ2v) is 7.92. The number of fused-ring (bicyclic) bond motifs is 2. The SMILES string of the molecule is Cc1nccn1[C@H]1c2ccccc2C2(CCN(Cc3ccoc3)CC2)[C@@H]1O. The maximum Gasteiger partial charge on any atom is 0.106 e. The molecule has 0 radical (unpaired) electrons. The second kappa shape index (κ2) is 6.36. The van der Waals surface area contributed by atoms with E-state index in [0.717, 1.165) is 38.3 Å². The van der Waals surface area contributed by atoms with E-state index in [4.69, 9.17) is 4.42 Å². The summed E-state index contributed by atoms with van der Waals surface area (Å²) in [6.45, 7) is 4.88. The van der Waals surface area contributed by atoms with Crippen molar-refractivity contribution in [2.24, 2.45) is 0 Å². The minimum absolute atomic E-state index is 0.0517. The molecule has 1 aliphatic carbocycles. The molecule has 1 aliphatic heterocycles. The van der Waals surface area contributed by atoms with Crippen LogP contribution in [0.3, 0.4) is 0 Å². The molecule has 5 nitrogen and oxygen atoms in total. The summed E-state index contributed by atoms with van der Waals surface area (Å²) in [6.07, 6.45) is 8.87. The van der Waals surface area contributed by atoms with Gasteiger partial charge in [-0.3, -0.25) is 4.90 Å². The molecule has 27 heavy (non-hydrogen) atoms. The van der Waals surface area contributed by atoms with Gasteiger partial charge in [0.2, 0.25) is 0 Å². The molecule has 1 aromatic carbocycles. The van der Waals surface area contributed by atoms with Crippen LogP contribution in [0.5, 0.6) is 0 Å². The van der Waals surface area contributed by atoms with E-state index in [2.05, 4.69) is 38.7 Å². The molecule has 2 aromatic heterocycles. The summed E-state index contributed by atoms with van der Waals surface area (Å²) in [6, 6.07) is 10.6. The summed E-state index contributed by atoms with van der Waals surface area (Å²) in [7, 11) is 0.